The predicted octanol–water partition coefficient (Wildman–Crippen LogP) is 4.72. The number of hydrogen-bond acceptors (Lipinski definition) is 4. The molecular formula is C27H27FN2O4. The number of carbonyl (C=O) groups is 2. The molecule has 7 heteroatoms. The topological polar surface area (TPSA) is 67.9 Å². The van der Waals surface area contributed by atoms with E-state index in [0.29, 0.717) is 29.2 Å². The second kappa shape index (κ2) is 10.4. The summed E-state index contributed by atoms with van der Waals surface area (Å²) in [6.45, 7) is 2.26. The van der Waals surface area contributed by atoms with Crippen LogP contribution in [0.15, 0.2) is 66.7 Å². The van der Waals surface area contributed by atoms with Crippen LogP contribution in [-0.2, 0) is 29.1 Å². The van der Waals surface area contributed by atoms with E-state index in [0.717, 1.165) is 11.1 Å². The number of methoxy groups -OCH3 is 1. The molecule has 1 unspecified atom stereocenters. The molecule has 0 spiro atoms. The highest BCUT2D eigenvalue weighted by Gasteiger charge is 2.30. The van der Waals surface area contributed by atoms with Gasteiger partial charge in [0.05, 0.1) is 13.5 Å². The Kier molecular flexibility index (Phi) is 7.11. The number of halogens is 1. The number of ether oxygens (including phenoxy) is 2. The maximum atomic E-state index is 14.3. The van der Waals surface area contributed by atoms with Gasteiger partial charge in [-0.05, 0) is 48.4 Å². The summed E-state index contributed by atoms with van der Waals surface area (Å²) in [5, 5.41) is 2.91. The van der Waals surface area contributed by atoms with Crippen molar-refractivity contribution in [3.8, 4) is 11.5 Å². The monoisotopic (exact) mass is 462 g/mol. The molecule has 1 aliphatic rings. The Morgan fingerprint density at radius 3 is 2.74 bits per heavy atom. The van der Waals surface area contributed by atoms with Crippen molar-refractivity contribution in [1.29, 1.82) is 0 Å². The van der Waals surface area contributed by atoms with E-state index in [2.05, 4.69) is 5.32 Å². The van der Waals surface area contributed by atoms with Gasteiger partial charge in [-0.2, -0.15) is 0 Å². The number of nitrogens with zero attached hydrogens (tertiary/aromatic N) is 1. The van der Waals surface area contributed by atoms with Gasteiger partial charge >= 0.3 is 0 Å². The fourth-order valence-corrected chi connectivity index (χ4v) is 3.98. The van der Waals surface area contributed by atoms with Crippen LogP contribution in [0.1, 0.15) is 30.0 Å². The van der Waals surface area contributed by atoms with Gasteiger partial charge in [-0.15, -0.1) is 0 Å². The van der Waals surface area contributed by atoms with Crippen LogP contribution < -0.4 is 14.8 Å². The van der Waals surface area contributed by atoms with Gasteiger partial charge in [0.25, 0.3) is 5.91 Å². The molecule has 3 aromatic carbocycles. The molecule has 1 heterocycles. The van der Waals surface area contributed by atoms with Crippen molar-refractivity contribution in [2.75, 3.05) is 12.4 Å². The largest absolute Gasteiger partial charge is 0.497 e. The van der Waals surface area contributed by atoms with Crippen LogP contribution in [0.4, 0.5) is 10.1 Å². The summed E-state index contributed by atoms with van der Waals surface area (Å²) in [7, 11) is 1.58. The minimum Gasteiger partial charge on any atom is -0.497 e. The molecule has 2 amide bonds. The summed E-state index contributed by atoms with van der Waals surface area (Å²) < 4.78 is 25.5. The van der Waals surface area contributed by atoms with Gasteiger partial charge in [0.15, 0.2) is 6.10 Å². The minimum atomic E-state index is -0.651. The van der Waals surface area contributed by atoms with Crippen molar-refractivity contribution < 1.29 is 23.5 Å². The highest BCUT2D eigenvalue weighted by molar-refractivity contribution is 5.92. The Hall–Kier alpha value is -3.87. The van der Waals surface area contributed by atoms with E-state index in [-0.39, 0.29) is 37.1 Å². The average molecular weight is 463 g/mol. The Morgan fingerprint density at radius 1 is 1.15 bits per heavy atom. The lowest BCUT2D eigenvalue weighted by atomic mass is 10.1. The number of fused-ring (bicyclic) bond motifs is 1. The number of rotatable bonds is 7. The Morgan fingerprint density at radius 2 is 1.97 bits per heavy atom. The van der Waals surface area contributed by atoms with Crippen LogP contribution in [0.5, 0.6) is 11.5 Å². The third-order valence-corrected chi connectivity index (χ3v) is 5.75. The lowest BCUT2D eigenvalue weighted by Gasteiger charge is -2.23. The van der Waals surface area contributed by atoms with Gasteiger partial charge in [0.1, 0.15) is 17.3 Å². The molecule has 0 saturated carbocycles. The van der Waals surface area contributed by atoms with Crippen LogP contribution in [0.2, 0.25) is 0 Å². The normalized spacial score (nSPS) is 15.2. The first-order valence-electron chi connectivity index (χ1n) is 11.2. The van der Waals surface area contributed by atoms with Crippen molar-refractivity contribution >= 4 is 17.5 Å². The number of amides is 2. The van der Waals surface area contributed by atoms with Gasteiger partial charge in [0.2, 0.25) is 5.91 Å². The number of anilines is 1. The molecule has 0 fully saturated rings. The number of benzene rings is 3. The number of nitrogens with one attached hydrogen (secondary N) is 1. The fraction of sp³-hybridized carbons (Fsp3) is 0.259. The SMILES string of the molecule is CCC1Oc2ccc(NC(=O)Cc3cccc(OC)c3)cc2CN(Cc2ccccc2F)C1=O. The lowest BCUT2D eigenvalue weighted by Crippen LogP contribution is -2.39. The van der Waals surface area contributed by atoms with Crippen molar-refractivity contribution in [2.45, 2.75) is 39.0 Å². The molecule has 1 N–H and O–H groups in total. The molecule has 4 rings (SSSR count). The predicted molar refractivity (Wildman–Crippen MR) is 127 cm³/mol. The van der Waals surface area contributed by atoms with Gasteiger partial charge in [-0.25, -0.2) is 4.39 Å². The van der Waals surface area contributed by atoms with E-state index >= 15 is 0 Å². The van der Waals surface area contributed by atoms with E-state index in [1.54, 1.807) is 48.4 Å². The Balaban J connectivity index is 1.53. The van der Waals surface area contributed by atoms with E-state index < -0.39 is 6.10 Å². The van der Waals surface area contributed by atoms with Gasteiger partial charge in [-0.3, -0.25) is 9.59 Å². The van der Waals surface area contributed by atoms with Gasteiger partial charge in [-0.1, -0.05) is 37.3 Å². The zero-order valence-corrected chi connectivity index (χ0v) is 19.2. The maximum absolute atomic E-state index is 14.3. The summed E-state index contributed by atoms with van der Waals surface area (Å²) in [5.41, 5.74) is 2.63. The first-order chi connectivity index (χ1) is 16.5. The first kappa shape index (κ1) is 23.3. The Bertz CT molecular complexity index is 1200. The molecule has 6 nitrogen and oxygen atoms in total. The molecule has 1 aliphatic heterocycles. The number of carbonyl (C=O) groups excluding carboxylic acids is 2. The molecule has 0 aliphatic carbocycles. The average Bonchev–Trinajstić information content (AvgIpc) is 2.96. The summed E-state index contributed by atoms with van der Waals surface area (Å²) >= 11 is 0. The smallest absolute Gasteiger partial charge is 0.264 e. The molecule has 0 radical (unpaired) electrons. The second-order valence-electron chi connectivity index (χ2n) is 8.20. The third kappa shape index (κ3) is 5.36. The molecule has 0 bridgehead atoms. The quantitative estimate of drug-likeness (QED) is 0.552. The standard InChI is InChI=1S/C27H27FN2O4/c1-3-24-27(32)30(16-19-8-4-5-10-23(19)28)17-20-15-21(11-12-25(20)34-24)29-26(31)14-18-7-6-9-22(13-18)33-2/h4-13,15,24H,3,14,16-17H2,1-2H3,(H,29,31). The summed E-state index contributed by atoms with van der Waals surface area (Å²) in [6, 6.07) is 19.1. The van der Waals surface area contributed by atoms with Crippen molar-refractivity contribution in [3.63, 3.8) is 0 Å². The summed E-state index contributed by atoms with van der Waals surface area (Å²) in [4.78, 5) is 27.3. The van der Waals surface area contributed by atoms with E-state index in [4.69, 9.17) is 9.47 Å². The molecule has 0 saturated heterocycles. The van der Waals surface area contributed by atoms with E-state index in [9.17, 15) is 14.0 Å². The third-order valence-electron chi connectivity index (χ3n) is 5.75. The van der Waals surface area contributed by atoms with Gasteiger partial charge < -0.3 is 19.7 Å². The molecule has 3 aromatic rings. The van der Waals surface area contributed by atoms with Crippen LogP contribution in [0.25, 0.3) is 0 Å². The number of hydrogen-bond donors (Lipinski definition) is 1. The molecular weight excluding hydrogens is 435 g/mol. The second-order valence-corrected chi connectivity index (χ2v) is 8.20. The highest BCUT2D eigenvalue weighted by atomic mass is 19.1. The zero-order valence-electron chi connectivity index (χ0n) is 19.2. The van der Waals surface area contributed by atoms with Crippen molar-refractivity contribution in [1.82, 2.24) is 4.90 Å². The lowest BCUT2D eigenvalue weighted by molar-refractivity contribution is -0.139. The molecule has 0 aromatic heterocycles. The zero-order chi connectivity index (χ0) is 24.1. The van der Waals surface area contributed by atoms with E-state index in [1.165, 1.54) is 6.07 Å². The summed E-state index contributed by atoms with van der Waals surface area (Å²) in [6.07, 6.45) is 0.0348. The fourth-order valence-electron chi connectivity index (χ4n) is 3.98. The highest BCUT2D eigenvalue weighted by Crippen LogP contribution is 2.30. The van der Waals surface area contributed by atoms with Gasteiger partial charge in [0, 0.05) is 29.9 Å². The maximum Gasteiger partial charge on any atom is 0.264 e. The Labute approximate surface area is 198 Å². The van der Waals surface area contributed by atoms with Crippen molar-refractivity contribution in [2.24, 2.45) is 0 Å². The van der Waals surface area contributed by atoms with Crippen LogP contribution in [0.3, 0.4) is 0 Å². The molecule has 176 valence electrons. The minimum absolute atomic E-state index is 0.136. The van der Waals surface area contributed by atoms with Crippen molar-refractivity contribution in [3.05, 3.63) is 89.2 Å². The van der Waals surface area contributed by atoms with Crippen LogP contribution in [0, 0.1) is 5.82 Å². The first-order valence-corrected chi connectivity index (χ1v) is 11.2. The van der Waals surface area contributed by atoms with Crippen LogP contribution in [-0.4, -0.2) is 29.9 Å². The summed E-state index contributed by atoms with van der Waals surface area (Å²) in [5.74, 6) is 0.561. The van der Waals surface area contributed by atoms with E-state index in [1.807, 2.05) is 31.2 Å². The van der Waals surface area contributed by atoms with Crippen LogP contribution >= 0.6 is 0 Å². The molecule has 1 atom stereocenters. The molecule has 34 heavy (non-hydrogen) atoms.